The SMILES string of the molecule is Cl.NCC1CCCN1C(=O)c1ccc(CS(=O)(=O)C(F)F)cc1. The van der Waals surface area contributed by atoms with Crippen LogP contribution in [0.4, 0.5) is 8.78 Å². The number of hydrogen-bond donors (Lipinski definition) is 1. The summed E-state index contributed by atoms with van der Waals surface area (Å²) < 4.78 is 47.0. The summed E-state index contributed by atoms with van der Waals surface area (Å²) in [4.78, 5) is 14.1. The van der Waals surface area contributed by atoms with Crippen molar-refractivity contribution in [3.63, 3.8) is 0 Å². The molecule has 1 amide bonds. The van der Waals surface area contributed by atoms with Crippen molar-refractivity contribution in [3.8, 4) is 0 Å². The van der Waals surface area contributed by atoms with Gasteiger partial charge in [0, 0.05) is 24.7 Å². The molecular weight excluding hydrogens is 350 g/mol. The maximum atomic E-state index is 12.4. The van der Waals surface area contributed by atoms with E-state index in [0.717, 1.165) is 12.8 Å². The van der Waals surface area contributed by atoms with E-state index in [1.54, 1.807) is 4.90 Å². The van der Waals surface area contributed by atoms with Crippen LogP contribution >= 0.6 is 12.4 Å². The Morgan fingerprint density at radius 2 is 1.91 bits per heavy atom. The van der Waals surface area contributed by atoms with Crippen molar-refractivity contribution in [3.05, 3.63) is 35.4 Å². The summed E-state index contributed by atoms with van der Waals surface area (Å²) in [6.45, 7) is 1.04. The van der Waals surface area contributed by atoms with E-state index in [4.69, 9.17) is 5.73 Å². The maximum Gasteiger partial charge on any atom is 0.337 e. The lowest BCUT2D eigenvalue weighted by molar-refractivity contribution is 0.0741. The molecule has 1 unspecified atom stereocenters. The fourth-order valence-corrected chi connectivity index (χ4v) is 3.34. The molecule has 1 aromatic carbocycles. The second-order valence-corrected chi connectivity index (χ2v) is 7.27. The summed E-state index contributed by atoms with van der Waals surface area (Å²) in [6.07, 6.45) is 1.77. The molecule has 1 heterocycles. The number of carbonyl (C=O) groups excluding carboxylic acids is 1. The minimum Gasteiger partial charge on any atom is -0.334 e. The lowest BCUT2D eigenvalue weighted by Gasteiger charge is -2.23. The molecule has 1 saturated heterocycles. The summed E-state index contributed by atoms with van der Waals surface area (Å²) >= 11 is 0. The quantitative estimate of drug-likeness (QED) is 0.859. The molecular formula is C14H19ClF2N2O3S. The van der Waals surface area contributed by atoms with E-state index in [2.05, 4.69) is 0 Å². The predicted molar refractivity (Wildman–Crippen MR) is 85.4 cm³/mol. The fourth-order valence-electron chi connectivity index (χ4n) is 2.55. The molecule has 1 fully saturated rings. The molecule has 130 valence electrons. The third kappa shape index (κ3) is 4.62. The van der Waals surface area contributed by atoms with E-state index >= 15 is 0 Å². The number of likely N-dealkylation sites (tertiary alicyclic amines) is 1. The number of nitrogens with two attached hydrogens (primary N) is 1. The minimum atomic E-state index is -4.46. The number of hydrogen-bond acceptors (Lipinski definition) is 4. The predicted octanol–water partition coefficient (Wildman–Crippen LogP) is 1.81. The summed E-state index contributed by atoms with van der Waals surface area (Å²) in [5.74, 6) is -4.31. The average Bonchev–Trinajstić information content (AvgIpc) is 2.95. The fraction of sp³-hybridized carbons (Fsp3) is 0.500. The number of benzene rings is 1. The third-order valence-corrected chi connectivity index (χ3v) is 5.03. The Balaban J connectivity index is 0.00000264. The van der Waals surface area contributed by atoms with Crippen molar-refractivity contribution >= 4 is 28.2 Å². The number of halogens is 3. The molecule has 2 N–H and O–H groups in total. The van der Waals surface area contributed by atoms with Gasteiger partial charge in [0.15, 0.2) is 0 Å². The van der Waals surface area contributed by atoms with Crippen LogP contribution in [-0.4, -0.2) is 44.1 Å². The van der Waals surface area contributed by atoms with Crippen LogP contribution in [0.3, 0.4) is 0 Å². The standard InChI is InChI=1S/C14H18F2N2O3S.ClH/c15-14(16)22(20,21)9-10-3-5-11(6-4-10)13(19)18-7-1-2-12(18)8-17;/h3-6,12,14H,1-2,7-9,17H2;1H. The van der Waals surface area contributed by atoms with Crippen molar-refractivity contribution in [2.75, 3.05) is 13.1 Å². The topological polar surface area (TPSA) is 80.5 Å². The van der Waals surface area contributed by atoms with Gasteiger partial charge in [-0.2, -0.15) is 8.78 Å². The Kier molecular flexibility index (Phi) is 6.91. The number of sulfone groups is 1. The highest BCUT2D eigenvalue weighted by molar-refractivity contribution is 7.90. The average molecular weight is 369 g/mol. The van der Waals surface area contributed by atoms with E-state index in [1.165, 1.54) is 24.3 Å². The van der Waals surface area contributed by atoms with Gasteiger partial charge in [-0.1, -0.05) is 12.1 Å². The molecule has 9 heteroatoms. The van der Waals surface area contributed by atoms with Crippen LogP contribution in [0.1, 0.15) is 28.8 Å². The van der Waals surface area contributed by atoms with E-state index < -0.39 is 21.3 Å². The zero-order chi connectivity index (χ0) is 16.3. The van der Waals surface area contributed by atoms with E-state index in [-0.39, 0.29) is 29.9 Å². The lowest BCUT2D eigenvalue weighted by atomic mass is 10.1. The molecule has 23 heavy (non-hydrogen) atoms. The molecule has 0 radical (unpaired) electrons. The van der Waals surface area contributed by atoms with Gasteiger partial charge in [-0.15, -0.1) is 12.4 Å². The minimum absolute atomic E-state index is 0. The molecule has 1 aliphatic heterocycles. The van der Waals surface area contributed by atoms with Gasteiger partial charge in [-0.05, 0) is 30.5 Å². The maximum absolute atomic E-state index is 12.4. The number of amides is 1. The molecule has 0 saturated carbocycles. The number of carbonyl (C=O) groups is 1. The first kappa shape index (κ1) is 19.8. The Morgan fingerprint density at radius 1 is 1.30 bits per heavy atom. The molecule has 0 aromatic heterocycles. The van der Waals surface area contributed by atoms with Crippen LogP contribution in [-0.2, 0) is 15.6 Å². The zero-order valence-corrected chi connectivity index (χ0v) is 14.0. The largest absolute Gasteiger partial charge is 0.337 e. The summed E-state index contributed by atoms with van der Waals surface area (Å²) in [5.41, 5.74) is 6.26. The summed E-state index contributed by atoms with van der Waals surface area (Å²) in [5, 5.41) is 0. The third-order valence-electron chi connectivity index (χ3n) is 3.75. The van der Waals surface area contributed by atoms with Crippen LogP contribution < -0.4 is 5.73 Å². The van der Waals surface area contributed by atoms with Crippen molar-refractivity contribution in [1.29, 1.82) is 0 Å². The first-order chi connectivity index (χ1) is 10.3. The van der Waals surface area contributed by atoms with Gasteiger partial charge in [0.1, 0.15) is 0 Å². The highest BCUT2D eigenvalue weighted by atomic mass is 35.5. The second kappa shape index (κ2) is 8.03. The lowest BCUT2D eigenvalue weighted by Crippen LogP contribution is -2.39. The molecule has 5 nitrogen and oxygen atoms in total. The summed E-state index contributed by atoms with van der Waals surface area (Å²) in [6, 6.07) is 5.72. The zero-order valence-electron chi connectivity index (χ0n) is 12.3. The molecule has 0 aliphatic carbocycles. The number of rotatable bonds is 5. The van der Waals surface area contributed by atoms with Crippen LogP contribution in [0.15, 0.2) is 24.3 Å². The van der Waals surface area contributed by atoms with Gasteiger partial charge in [-0.25, -0.2) is 8.42 Å². The van der Waals surface area contributed by atoms with Gasteiger partial charge < -0.3 is 10.6 Å². The molecule has 1 aromatic rings. The normalized spacial score (nSPS) is 18.1. The summed E-state index contributed by atoms with van der Waals surface area (Å²) in [7, 11) is -4.46. The smallest absolute Gasteiger partial charge is 0.334 e. The second-order valence-electron chi connectivity index (χ2n) is 5.30. The Bertz CT molecular complexity index is 638. The highest BCUT2D eigenvalue weighted by Crippen LogP contribution is 2.20. The van der Waals surface area contributed by atoms with Crippen molar-refractivity contribution in [1.82, 2.24) is 4.90 Å². The first-order valence-electron chi connectivity index (χ1n) is 6.95. The van der Waals surface area contributed by atoms with Crippen LogP contribution in [0.25, 0.3) is 0 Å². The number of alkyl halides is 2. The van der Waals surface area contributed by atoms with Gasteiger partial charge in [0.25, 0.3) is 5.91 Å². The molecule has 2 rings (SSSR count). The Hall–Kier alpha value is -1.25. The van der Waals surface area contributed by atoms with E-state index in [0.29, 0.717) is 18.7 Å². The Morgan fingerprint density at radius 3 is 2.43 bits per heavy atom. The van der Waals surface area contributed by atoms with Crippen LogP contribution in [0.2, 0.25) is 0 Å². The van der Waals surface area contributed by atoms with Gasteiger partial charge in [0.2, 0.25) is 9.84 Å². The first-order valence-corrected chi connectivity index (χ1v) is 8.66. The molecule has 0 bridgehead atoms. The van der Waals surface area contributed by atoms with Gasteiger partial charge in [-0.3, -0.25) is 4.79 Å². The van der Waals surface area contributed by atoms with Crippen molar-refractivity contribution in [2.45, 2.75) is 30.4 Å². The van der Waals surface area contributed by atoms with E-state index in [1.807, 2.05) is 0 Å². The number of nitrogens with zero attached hydrogens (tertiary/aromatic N) is 1. The van der Waals surface area contributed by atoms with Gasteiger partial charge >= 0.3 is 5.76 Å². The van der Waals surface area contributed by atoms with Crippen molar-refractivity contribution in [2.24, 2.45) is 5.73 Å². The molecule has 1 aliphatic rings. The highest BCUT2D eigenvalue weighted by Gasteiger charge is 2.28. The van der Waals surface area contributed by atoms with Gasteiger partial charge in [0.05, 0.1) is 5.75 Å². The van der Waals surface area contributed by atoms with Crippen LogP contribution in [0.5, 0.6) is 0 Å². The monoisotopic (exact) mass is 368 g/mol. The molecule has 1 atom stereocenters. The van der Waals surface area contributed by atoms with Crippen LogP contribution in [0, 0.1) is 0 Å². The Labute approximate surface area is 140 Å². The van der Waals surface area contributed by atoms with Crippen molar-refractivity contribution < 1.29 is 22.0 Å². The van der Waals surface area contributed by atoms with E-state index in [9.17, 15) is 22.0 Å². The molecule has 0 spiro atoms.